The van der Waals surface area contributed by atoms with Crippen molar-refractivity contribution in [2.75, 3.05) is 6.61 Å². The fourth-order valence-corrected chi connectivity index (χ4v) is 6.71. The predicted molar refractivity (Wildman–Crippen MR) is 214 cm³/mol. The van der Waals surface area contributed by atoms with Crippen molar-refractivity contribution in [2.45, 2.75) is 154 Å². The molecule has 0 spiro atoms. The third-order valence-electron chi connectivity index (χ3n) is 10.0. The van der Waals surface area contributed by atoms with Gasteiger partial charge in [-0.3, -0.25) is 4.79 Å². The van der Waals surface area contributed by atoms with Gasteiger partial charge in [-0.05, 0) is 30.0 Å². The molecule has 3 aromatic rings. The van der Waals surface area contributed by atoms with Gasteiger partial charge in [-0.1, -0.05) is 162 Å². The maximum Gasteiger partial charge on any atom is 0.331 e. The average Bonchev–Trinajstić information content (AvgIpc) is 3.21. The topological polar surface area (TPSA) is 139 Å². The molecule has 1 aliphatic heterocycles. The van der Waals surface area contributed by atoms with E-state index in [4.69, 9.17) is 29.4 Å². The van der Waals surface area contributed by atoms with Crippen LogP contribution in [-0.2, 0) is 53.1 Å². The molecule has 4 N–H and O–H groups in total. The van der Waals surface area contributed by atoms with Crippen LogP contribution in [0.25, 0.3) is 0 Å². The third-order valence-corrected chi connectivity index (χ3v) is 10.0. The minimum atomic E-state index is -1.18. The monoisotopic (exact) mass is 760 g/mol. The van der Waals surface area contributed by atoms with Gasteiger partial charge in [-0.2, -0.15) is 0 Å². The molecule has 0 aromatic heterocycles. The van der Waals surface area contributed by atoms with Crippen molar-refractivity contribution in [1.82, 2.24) is 5.32 Å². The zero-order valence-electron chi connectivity index (χ0n) is 32.9. The number of nitrogens with two attached hydrogens (primary N) is 1. The van der Waals surface area contributed by atoms with Gasteiger partial charge in [-0.25, -0.2) is 4.79 Å². The normalized spacial score (nSPS) is 20.8. The summed E-state index contributed by atoms with van der Waals surface area (Å²) in [7, 11) is 0. The summed E-state index contributed by atoms with van der Waals surface area (Å²) in [5.74, 6) is -0.899. The van der Waals surface area contributed by atoms with Gasteiger partial charge >= 0.3 is 5.97 Å². The molecule has 0 saturated carbocycles. The Morgan fingerprint density at radius 1 is 0.745 bits per heavy atom. The summed E-state index contributed by atoms with van der Waals surface area (Å²) in [6.07, 6.45) is 8.41. The Hall–Kier alpha value is -3.64. The van der Waals surface area contributed by atoms with Gasteiger partial charge < -0.3 is 39.8 Å². The van der Waals surface area contributed by atoms with Gasteiger partial charge in [0.15, 0.2) is 12.3 Å². The molecule has 0 aliphatic carbocycles. The molecule has 10 heteroatoms. The number of ether oxygens (including phenoxy) is 5. The summed E-state index contributed by atoms with van der Waals surface area (Å²) in [5, 5.41) is 14.4. The van der Waals surface area contributed by atoms with E-state index in [0.717, 1.165) is 36.0 Å². The molecule has 10 nitrogen and oxygen atoms in total. The lowest BCUT2D eigenvalue weighted by Gasteiger charge is -2.44. The van der Waals surface area contributed by atoms with Crippen LogP contribution in [0.1, 0.15) is 108 Å². The number of aliphatic hydroxyl groups excluding tert-OH is 1. The molecule has 1 heterocycles. The number of benzene rings is 3. The minimum Gasteiger partial charge on any atom is -0.459 e. The third kappa shape index (κ3) is 16.2. The minimum absolute atomic E-state index is 0.0385. The summed E-state index contributed by atoms with van der Waals surface area (Å²) >= 11 is 0. The Bertz CT molecular complexity index is 1460. The number of amides is 1. The molecule has 0 radical (unpaired) electrons. The van der Waals surface area contributed by atoms with E-state index in [0.29, 0.717) is 6.61 Å². The first-order chi connectivity index (χ1) is 26.9. The molecular weight excluding hydrogens is 697 g/mol. The number of hydrogen-bond donors (Lipinski definition) is 3. The quantitative estimate of drug-likeness (QED) is 0.0560. The lowest BCUT2D eigenvalue weighted by atomic mass is 9.97. The summed E-state index contributed by atoms with van der Waals surface area (Å²) in [6, 6.07) is 26.6. The van der Waals surface area contributed by atoms with Crippen molar-refractivity contribution in [3.8, 4) is 0 Å². The number of hydrogen-bond acceptors (Lipinski definition) is 9. The Morgan fingerprint density at radius 3 is 1.82 bits per heavy atom. The number of nitrogens with one attached hydrogen (secondary N) is 1. The Labute approximate surface area is 328 Å². The van der Waals surface area contributed by atoms with Gasteiger partial charge in [0.1, 0.15) is 24.9 Å². The standard InChI is InChI=1S/C45H64N2O8/c1-3-4-5-6-7-8-9-10-11-12-22-29-39(48)47-41(44(50)53-32-37-27-20-15-21-28-37)34(2)54-45-40(46)42(49)43(52-31-36-25-18-14-19-26-36)38(55-45)33-51-30-35-23-16-13-17-24-35/h13-21,23-28,34,38,40-43,45,49H,3-12,22,29-33,46H2,1-2H3,(H,47,48)/t34-,38+,40+,41-,42+,43+,45+/m0/s1. The molecule has 0 unspecified atom stereocenters. The van der Waals surface area contributed by atoms with Gasteiger partial charge in [0.05, 0.1) is 32.0 Å². The predicted octanol–water partition coefficient (Wildman–Crippen LogP) is 7.54. The van der Waals surface area contributed by atoms with Crippen LogP contribution in [0, 0.1) is 0 Å². The number of unbranched alkanes of at least 4 members (excludes halogenated alkanes) is 10. The number of esters is 1. The second-order valence-electron chi connectivity index (χ2n) is 14.6. The summed E-state index contributed by atoms with van der Waals surface area (Å²) in [5.41, 5.74) is 9.28. The van der Waals surface area contributed by atoms with E-state index in [1.807, 2.05) is 91.0 Å². The molecule has 7 atom stereocenters. The first kappa shape index (κ1) is 44.1. The zero-order valence-corrected chi connectivity index (χ0v) is 32.9. The first-order valence-corrected chi connectivity index (χ1v) is 20.4. The lowest BCUT2D eigenvalue weighted by molar-refractivity contribution is -0.289. The SMILES string of the molecule is CCCCCCCCCCCCCC(=O)N[C@H](C(=O)OCc1ccccc1)[C@H](C)O[C@@H]1O[C@H](COCc2ccccc2)[C@@H](OCc2ccccc2)[C@H](O)[C@H]1N. The van der Waals surface area contributed by atoms with E-state index in [1.165, 1.54) is 51.4 Å². The van der Waals surface area contributed by atoms with Crippen molar-refractivity contribution in [2.24, 2.45) is 5.73 Å². The average molecular weight is 761 g/mol. The highest BCUT2D eigenvalue weighted by Gasteiger charge is 2.46. The van der Waals surface area contributed by atoms with Gasteiger partial charge in [0.2, 0.25) is 5.91 Å². The van der Waals surface area contributed by atoms with E-state index in [-0.39, 0.29) is 32.1 Å². The van der Waals surface area contributed by atoms with E-state index in [9.17, 15) is 14.7 Å². The highest BCUT2D eigenvalue weighted by molar-refractivity contribution is 5.85. The fraction of sp³-hybridized carbons (Fsp3) is 0.556. The van der Waals surface area contributed by atoms with Gasteiger partial charge in [-0.15, -0.1) is 0 Å². The maximum absolute atomic E-state index is 13.6. The van der Waals surface area contributed by atoms with Crippen LogP contribution in [0.3, 0.4) is 0 Å². The van der Waals surface area contributed by atoms with Gasteiger partial charge in [0.25, 0.3) is 0 Å². The molecule has 1 fully saturated rings. The number of carbonyl (C=O) groups is 2. The fourth-order valence-electron chi connectivity index (χ4n) is 6.71. The molecule has 55 heavy (non-hydrogen) atoms. The largest absolute Gasteiger partial charge is 0.459 e. The molecule has 3 aromatic carbocycles. The summed E-state index contributed by atoms with van der Waals surface area (Å²) in [4.78, 5) is 26.8. The van der Waals surface area contributed by atoms with E-state index in [2.05, 4.69) is 12.2 Å². The van der Waals surface area contributed by atoms with Crippen molar-refractivity contribution < 1.29 is 38.4 Å². The molecule has 0 bridgehead atoms. The Kier molecular flexibility index (Phi) is 20.4. The number of carbonyl (C=O) groups excluding carboxylic acids is 2. The van der Waals surface area contributed by atoms with Crippen molar-refractivity contribution >= 4 is 11.9 Å². The smallest absolute Gasteiger partial charge is 0.331 e. The molecule has 302 valence electrons. The van der Waals surface area contributed by atoms with Crippen LogP contribution in [0.15, 0.2) is 91.0 Å². The zero-order chi connectivity index (χ0) is 39.1. The Morgan fingerprint density at radius 2 is 1.25 bits per heavy atom. The van der Waals surface area contributed by atoms with Gasteiger partial charge in [0, 0.05) is 6.42 Å². The highest BCUT2D eigenvalue weighted by Crippen LogP contribution is 2.27. The molecule has 1 aliphatic rings. The van der Waals surface area contributed by atoms with Crippen LogP contribution < -0.4 is 11.1 Å². The molecule has 4 rings (SSSR count). The lowest BCUT2D eigenvalue weighted by Crippen LogP contribution is -2.64. The molecular formula is C45H64N2O8. The molecule has 1 amide bonds. The van der Waals surface area contributed by atoms with Crippen molar-refractivity contribution in [1.29, 1.82) is 0 Å². The summed E-state index contributed by atoms with van der Waals surface area (Å²) < 4.78 is 30.6. The highest BCUT2D eigenvalue weighted by atomic mass is 16.7. The Balaban J connectivity index is 1.36. The maximum atomic E-state index is 13.6. The first-order valence-electron chi connectivity index (χ1n) is 20.4. The van der Waals surface area contributed by atoms with Crippen LogP contribution in [-0.4, -0.2) is 66.4 Å². The van der Waals surface area contributed by atoms with E-state index < -0.39 is 48.8 Å². The second kappa shape index (κ2) is 25.5. The number of aliphatic hydroxyl groups is 1. The second-order valence-corrected chi connectivity index (χ2v) is 14.6. The van der Waals surface area contributed by atoms with E-state index >= 15 is 0 Å². The number of rotatable bonds is 26. The van der Waals surface area contributed by atoms with Crippen LogP contribution in [0.5, 0.6) is 0 Å². The van der Waals surface area contributed by atoms with Crippen molar-refractivity contribution in [3.05, 3.63) is 108 Å². The van der Waals surface area contributed by atoms with E-state index in [1.54, 1.807) is 6.92 Å². The van der Waals surface area contributed by atoms with Crippen LogP contribution in [0.2, 0.25) is 0 Å². The van der Waals surface area contributed by atoms with Crippen molar-refractivity contribution in [3.63, 3.8) is 0 Å². The summed E-state index contributed by atoms with van der Waals surface area (Å²) in [6.45, 7) is 4.59. The molecule has 1 saturated heterocycles. The van der Waals surface area contributed by atoms with Crippen LogP contribution >= 0.6 is 0 Å². The van der Waals surface area contributed by atoms with Crippen LogP contribution in [0.4, 0.5) is 0 Å².